The van der Waals surface area contributed by atoms with E-state index in [2.05, 4.69) is 0 Å². The zero-order valence-electron chi connectivity index (χ0n) is 10.2. The van der Waals surface area contributed by atoms with Gasteiger partial charge in [0.25, 0.3) is 15.9 Å². The number of ether oxygens (including phenoxy) is 1. The van der Waals surface area contributed by atoms with Crippen molar-refractivity contribution in [2.45, 2.75) is 0 Å². The van der Waals surface area contributed by atoms with Crippen LogP contribution in [-0.4, -0.2) is 38.9 Å². The van der Waals surface area contributed by atoms with E-state index in [0.29, 0.717) is 5.56 Å². The van der Waals surface area contributed by atoms with Crippen molar-refractivity contribution in [3.63, 3.8) is 0 Å². The zero-order valence-corrected chi connectivity index (χ0v) is 11.7. The molecular formula is C12H12ClNO4S. The maximum atomic E-state index is 12.3. The molecule has 0 spiro atoms. The summed E-state index contributed by atoms with van der Waals surface area (Å²) >= 11 is 5.89. The van der Waals surface area contributed by atoms with Crippen LogP contribution in [0.5, 0.6) is 0 Å². The normalized spacial score (nSPS) is 18.2. The zero-order chi connectivity index (χ0) is 14.0. The van der Waals surface area contributed by atoms with Crippen LogP contribution in [0, 0.1) is 0 Å². The van der Waals surface area contributed by atoms with Crippen LogP contribution in [0.3, 0.4) is 0 Å². The summed E-state index contributed by atoms with van der Waals surface area (Å²) < 4.78 is 30.2. The topological polar surface area (TPSA) is 63.7 Å². The molecule has 0 aliphatic carbocycles. The number of nitrogens with zero attached hydrogens (tertiary/aromatic N) is 1. The molecule has 19 heavy (non-hydrogen) atoms. The Balaban J connectivity index is 2.47. The SMILES string of the molecule is COCCN1C(=O)C(Cl)=C(c2ccccc2)S1(=O)=O. The summed E-state index contributed by atoms with van der Waals surface area (Å²) in [4.78, 5) is 11.8. The first kappa shape index (κ1) is 14.0. The molecule has 1 amide bonds. The van der Waals surface area contributed by atoms with Gasteiger partial charge in [-0.05, 0) is 5.56 Å². The summed E-state index contributed by atoms with van der Waals surface area (Å²) in [5, 5.41) is -0.276. The van der Waals surface area contributed by atoms with E-state index in [1.54, 1.807) is 30.3 Å². The van der Waals surface area contributed by atoms with Crippen molar-refractivity contribution >= 4 is 32.4 Å². The molecule has 1 heterocycles. The van der Waals surface area contributed by atoms with Crippen molar-refractivity contribution < 1.29 is 17.9 Å². The number of amides is 1. The third-order valence-electron chi connectivity index (χ3n) is 2.70. The van der Waals surface area contributed by atoms with E-state index < -0.39 is 15.9 Å². The highest BCUT2D eigenvalue weighted by Gasteiger charge is 2.43. The molecule has 0 fully saturated rings. The summed E-state index contributed by atoms with van der Waals surface area (Å²) in [6.07, 6.45) is 0. The van der Waals surface area contributed by atoms with E-state index in [1.807, 2.05) is 0 Å². The molecule has 0 bridgehead atoms. The molecule has 0 radical (unpaired) electrons. The van der Waals surface area contributed by atoms with Crippen molar-refractivity contribution in [1.29, 1.82) is 0 Å². The third-order valence-corrected chi connectivity index (χ3v) is 5.04. The molecular weight excluding hydrogens is 290 g/mol. The smallest absolute Gasteiger partial charge is 0.280 e. The summed E-state index contributed by atoms with van der Waals surface area (Å²) in [5.41, 5.74) is 0.403. The molecule has 0 unspecified atom stereocenters. The summed E-state index contributed by atoms with van der Waals surface area (Å²) in [5.74, 6) is -0.711. The van der Waals surface area contributed by atoms with E-state index in [-0.39, 0.29) is 23.1 Å². The monoisotopic (exact) mass is 301 g/mol. The number of hydrogen-bond acceptors (Lipinski definition) is 4. The highest BCUT2D eigenvalue weighted by Crippen LogP contribution is 2.37. The lowest BCUT2D eigenvalue weighted by Gasteiger charge is -2.15. The summed E-state index contributed by atoms with van der Waals surface area (Å²) in [6, 6.07) is 8.32. The van der Waals surface area contributed by atoms with E-state index >= 15 is 0 Å². The van der Waals surface area contributed by atoms with E-state index in [1.165, 1.54) is 7.11 Å². The summed E-state index contributed by atoms with van der Waals surface area (Å²) in [7, 11) is -2.47. The Hall–Kier alpha value is -1.37. The molecule has 0 N–H and O–H groups in total. The fraction of sp³-hybridized carbons (Fsp3) is 0.250. The molecule has 2 rings (SSSR count). The van der Waals surface area contributed by atoms with Gasteiger partial charge in [-0.2, -0.15) is 0 Å². The van der Waals surface area contributed by atoms with Crippen molar-refractivity contribution in [1.82, 2.24) is 4.31 Å². The van der Waals surface area contributed by atoms with Gasteiger partial charge in [0.15, 0.2) is 0 Å². The maximum Gasteiger partial charge on any atom is 0.280 e. The fourth-order valence-electron chi connectivity index (χ4n) is 1.80. The first-order valence-electron chi connectivity index (χ1n) is 5.51. The lowest BCUT2D eigenvalue weighted by Crippen LogP contribution is -2.34. The van der Waals surface area contributed by atoms with Crippen molar-refractivity contribution in [2.24, 2.45) is 0 Å². The van der Waals surface area contributed by atoms with Crippen LogP contribution in [0.25, 0.3) is 4.91 Å². The Bertz CT molecular complexity index is 624. The van der Waals surface area contributed by atoms with Gasteiger partial charge >= 0.3 is 0 Å². The highest BCUT2D eigenvalue weighted by molar-refractivity contribution is 7.99. The van der Waals surface area contributed by atoms with Gasteiger partial charge in [-0.3, -0.25) is 4.79 Å². The number of halogens is 1. The average Bonchev–Trinajstić information content (AvgIpc) is 2.55. The maximum absolute atomic E-state index is 12.3. The Labute approximate surface area is 116 Å². The average molecular weight is 302 g/mol. The van der Waals surface area contributed by atoms with Gasteiger partial charge in [-0.15, -0.1) is 0 Å². The minimum atomic E-state index is -3.90. The van der Waals surface area contributed by atoms with E-state index in [9.17, 15) is 13.2 Å². The van der Waals surface area contributed by atoms with Gasteiger partial charge in [0.05, 0.1) is 13.2 Å². The molecule has 0 atom stereocenters. The predicted octanol–water partition coefficient (Wildman–Crippen LogP) is 1.41. The Morgan fingerprint density at radius 2 is 1.89 bits per heavy atom. The number of rotatable bonds is 4. The highest BCUT2D eigenvalue weighted by atomic mass is 35.5. The first-order valence-corrected chi connectivity index (χ1v) is 7.33. The van der Waals surface area contributed by atoms with Crippen molar-refractivity contribution in [2.75, 3.05) is 20.3 Å². The molecule has 102 valence electrons. The summed E-state index contributed by atoms with van der Waals surface area (Å²) in [6.45, 7) is 0.0709. The number of benzene rings is 1. The van der Waals surface area contributed by atoms with Crippen LogP contribution in [0.4, 0.5) is 0 Å². The molecule has 1 aliphatic rings. The van der Waals surface area contributed by atoms with Gasteiger partial charge in [0, 0.05) is 7.11 Å². The Morgan fingerprint density at radius 3 is 2.47 bits per heavy atom. The molecule has 5 nitrogen and oxygen atoms in total. The van der Waals surface area contributed by atoms with Crippen molar-refractivity contribution in [3.8, 4) is 0 Å². The largest absolute Gasteiger partial charge is 0.383 e. The quantitative estimate of drug-likeness (QED) is 0.843. The van der Waals surface area contributed by atoms with Crippen LogP contribution < -0.4 is 0 Å². The minimum Gasteiger partial charge on any atom is -0.383 e. The second kappa shape index (κ2) is 5.32. The minimum absolute atomic E-state index is 0.0514. The van der Waals surface area contributed by atoms with Gasteiger partial charge in [0.1, 0.15) is 9.94 Å². The molecule has 1 aromatic rings. The van der Waals surface area contributed by atoms with Crippen molar-refractivity contribution in [3.05, 3.63) is 40.9 Å². The van der Waals surface area contributed by atoms with Crippen LogP contribution in [0.15, 0.2) is 35.4 Å². The predicted molar refractivity (Wildman–Crippen MR) is 71.7 cm³/mol. The van der Waals surface area contributed by atoms with Gasteiger partial charge in [-0.1, -0.05) is 41.9 Å². The molecule has 7 heteroatoms. The second-order valence-corrected chi connectivity index (χ2v) is 6.06. The standard InChI is InChI=1S/C12H12ClNO4S/c1-18-8-7-14-12(15)10(13)11(19(14,16)17)9-5-3-2-4-6-9/h2-6H,7-8H2,1H3. The first-order chi connectivity index (χ1) is 9.00. The number of hydrogen-bond donors (Lipinski definition) is 0. The van der Waals surface area contributed by atoms with Gasteiger partial charge in [-0.25, -0.2) is 12.7 Å². The van der Waals surface area contributed by atoms with Crippen LogP contribution >= 0.6 is 11.6 Å². The van der Waals surface area contributed by atoms with Gasteiger partial charge in [0.2, 0.25) is 0 Å². The molecule has 0 saturated heterocycles. The van der Waals surface area contributed by atoms with E-state index in [4.69, 9.17) is 16.3 Å². The molecule has 0 saturated carbocycles. The number of carbonyl (C=O) groups is 1. The fourth-order valence-corrected chi connectivity index (χ4v) is 3.95. The lowest BCUT2D eigenvalue weighted by atomic mass is 10.2. The van der Waals surface area contributed by atoms with E-state index in [0.717, 1.165) is 4.31 Å². The Kier molecular flexibility index (Phi) is 3.93. The molecule has 1 aromatic carbocycles. The number of carbonyl (C=O) groups excluding carboxylic acids is 1. The molecule has 1 aliphatic heterocycles. The number of sulfonamides is 1. The molecule has 0 aromatic heterocycles. The Morgan fingerprint density at radius 1 is 1.26 bits per heavy atom. The second-order valence-electron chi connectivity index (χ2n) is 3.88. The lowest BCUT2D eigenvalue weighted by molar-refractivity contribution is -0.121. The van der Waals surface area contributed by atoms with Crippen LogP contribution in [0.2, 0.25) is 0 Å². The third kappa shape index (κ3) is 2.39. The van der Waals surface area contributed by atoms with Crippen LogP contribution in [-0.2, 0) is 19.6 Å². The van der Waals surface area contributed by atoms with Crippen LogP contribution in [0.1, 0.15) is 5.56 Å². The van der Waals surface area contributed by atoms with Gasteiger partial charge < -0.3 is 4.74 Å². The number of methoxy groups -OCH3 is 1.